The molecule has 90 valence electrons. The number of hydrogen-bond donors (Lipinski definition) is 2. The average molecular weight is 226 g/mol. The Bertz CT molecular complexity index is 292. The van der Waals surface area contributed by atoms with Crippen LogP contribution in [0.3, 0.4) is 0 Å². The maximum absolute atomic E-state index is 11.4. The number of Topliss-reactive ketones (excluding diaryl/α,β-unsaturated/α-hetero) is 1. The van der Waals surface area contributed by atoms with Crippen LogP contribution in [0.2, 0.25) is 0 Å². The van der Waals surface area contributed by atoms with Gasteiger partial charge in [-0.25, -0.2) is 4.79 Å². The van der Waals surface area contributed by atoms with Gasteiger partial charge >= 0.3 is 6.09 Å². The molecule has 0 fully saturated rings. The molecule has 0 aromatic heterocycles. The van der Waals surface area contributed by atoms with Crippen LogP contribution in [-0.2, 0) is 9.53 Å². The minimum atomic E-state index is -0.773. The van der Waals surface area contributed by atoms with Gasteiger partial charge in [-0.05, 0) is 27.2 Å². The maximum Gasteiger partial charge on any atom is 0.408 e. The Kier molecular flexibility index (Phi) is 5.42. The molecule has 0 aliphatic rings. The van der Waals surface area contributed by atoms with E-state index in [0.29, 0.717) is 6.21 Å². The van der Waals surface area contributed by atoms with E-state index in [2.05, 4.69) is 11.9 Å². The lowest BCUT2D eigenvalue weighted by Gasteiger charge is -2.21. The summed E-state index contributed by atoms with van der Waals surface area (Å²) >= 11 is 0. The summed E-state index contributed by atoms with van der Waals surface area (Å²) in [4.78, 5) is 22.6. The van der Waals surface area contributed by atoms with Crippen molar-refractivity contribution < 1.29 is 14.3 Å². The topological polar surface area (TPSA) is 79.2 Å². The van der Waals surface area contributed by atoms with Gasteiger partial charge in [0.2, 0.25) is 0 Å². The van der Waals surface area contributed by atoms with Crippen LogP contribution < -0.4 is 5.32 Å². The zero-order valence-corrected chi connectivity index (χ0v) is 9.87. The number of carbonyl (C=O) groups is 2. The number of ketones is 1. The second-order valence-corrected chi connectivity index (χ2v) is 4.27. The van der Waals surface area contributed by atoms with E-state index in [4.69, 9.17) is 10.1 Å². The van der Waals surface area contributed by atoms with Gasteiger partial charge in [0, 0.05) is 0 Å². The maximum atomic E-state index is 11.4. The molecule has 0 saturated carbocycles. The van der Waals surface area contributed by atoms with Crippen molar-refractivity contribution in [1.82, 2.24) is 5.32 Å². The summed E-state index contributed by atoms with van der Waals surface area (Å²) in [5.74, 6) is -0.481. The van der Waals surface area contributed by atoms with Crippen molar-refractivity contribution in [3.05, 3.63) is 12.7 Å². The molecule has 0 heterocycles. The molecule has 0 rings (SSSR count). The fourth-order valence-electron chi connectivity index (χ4n) is 0.963. The normalized spacial score (nSPS) is 12.4. The highest BCUT2D eigenvalue weighted by Crippen LogP contribution is 2.07. The molecule has 2 N–H and O–H groups in total. The molecule has 1 amide bonds. The Morgan fingerprint density at radius 2 is 2.06 bits per heavy atom. The van der Waals surface area contributed by atoms with Crippen molar-refractivity contribution in [1.29, 1.82) is 5.41 Å². The molecule has 0 saturated heterocycles. The Hall–Kier alpha value is -1.65. The standard InChI is InChI=1S/C11H18N2O3/c1-5-6-8(9(14)7-12)13-10(15)16-11(2,3)4/h5,7-8,12H,1,6H2,2-4H3,(H,13,15)/t8-/m0/s1. The zero-order chi connectivity index (χ0) is 12.8. The van der Waals surface area contributed by atoms with Crippen LogP contribution in [0.15, 0.2) is 12.7 Å². The van der Waals surface area contributed by atoms with Gasteiger partial charge in [-0.15, -0.1) is 6.58 Å². The second kappa shape index (κ2) is 6.05. The molecule has 1 atom stereocenters. The van der Waals surface area contributed by atoms with E-state index >= 15 is 0 Å². The molecule has 5 nitrogen and oxygen atoms in total. The van der Waals surface area contributed by atoms with Gasteiger partial charge in [-0.2, -0.15) is 0 Å². The summed E-state index contributed by atoms with van der Waals surface area (Å²) in [5.41, 5.74) is -0.615. The van der Waals surface area contributed by atoms with Crippen LogP contribution in [0, 0.1) is 5.41 Å². The van der Waals surface area contributed by atoms with Gasteiger partial charge in [0.15, 0.2) is 5.78 Å². The lowest BCUT2D eigenvalue weighted by atomic mass is 10.1. The number of nitrogens with one attached hydrogen (secondary N) is 2. The predicted molar refractivity (Wildman–Crippen MR) is 61.8 cm³/mol. The Labute approximate surface area is 95.4 Å². The molecule has 5 heteroatoms. The number of alkyl carbamates (subject to hydrolysis) is 1. The first kappa shape index (κ1) is 14.3. The molecular weight excluding hydrogens is 208 g/mol. The fourth-order valence-corrected chi connectivity index (χ4v) is 0.963. The quantitative estimate of drug-likeness (QED) is 0.553. The van der Waals surface area contributed by atoms with E-state index in [-0.39, 0.29) is 6.42 Å². The van der Waals surface area contributed by atoms with E-state index in [1.54, 1.807) is 20.8 Å². The number of rotatable bonds is 5. The fraction of sp³-hybridized carbons (Fsp3) is 0.545. The van der Waals surface area contributed by atoms with Gasteiger partial charge in [0.25, 0.3) is 0 Å². The molecule has 0 bridgehead atoms. The van der Waals surface area contributed by atoms with Gasteiger partial charge < -0.3 is 15.5 Å². The summed E-state index contributed by atoms with van der Waals surface area (Å²) in [7, 11) is 0. The summed E-state index contributed by atoms with van der Waals surface area (Å²) < 4.78 is 5.00. The zero-order valence-electron chi connectivity index (χ0n) is 9.87. The SMILES string of the molecule is C=CC[C@H](NC(=O)OC(C)(C)C)C(=O)C=N. The van der Waals surface area contributed by atoms with Crippen molar-refractivity contribution in [2.75, 3.05) is 0 Å². The lowest BCUT2D eigenvalue weighted by Crippen LogP contribution is -2.43. The average Bonchev–Trinajstić information content (AvgIpc) is 2.13. The minimum Gasteiger partial charge on any atom is -0.444 e. The first-order chi connectivity index (χ1) is 7.30. The van der Waals surface area contributed by atoms with Crippen molar-refractivity contribution in [2.45, 2.75) is 38.8 Å². The van der Waals surface area contributed by atoms with E-state index < -0.39 is 23.5 Å². The van der Waals surface area contributed by atoms with Gasteiger partial charge in [-0.1, -0.05) is 6.08 Å². The third-order valence-electron chi connectivity index (χ3n) is 1.58. The highest BCUT2D eigenvalue weighted by Gasteiger charge is 2.21. The van der Waals surface area contributed by atoms with Crippen molar-refractivity contribution in [3.63, 3.8) is 0 Å². The molecule has 0 aliphatic carbocycles. The van der Waals surface area contributed by atoms with E-state index in [1.165, 1.54) is 6.08 Å². The van der Waals surface area contributed by atoms with E-state index in [1.807, 2.05) is 0 Å². The lowest BCUT2D eigenvalue weighted by molar-refractivity contribution is -0.114. The molecule has 0 unspecified atom stereocenters. The van der Waals surface area contributed by atoms with Crippen LogP contribution >= 0.6 is 0 Å². The number of hydrogen-bond acceptors (Lipinski definition) is 4. The minimum absolute atomic E-state index is 0.271. The monoisotopic (exact) mass is 226 g/mol. The van der Waals surface area contributed by atoms with Crippen molar-refractivity contribution >= 4 is 18.1 Å². The molecule has 16 heavy (non-hydrogen) atoms. The number of ether oxygens (including phenoxy) is 1. The first-order valence-corrected chi connectivity index (χ1v) is 4.95. The van der Waals surface area contributed by atoms with E-state index in [0.717, 1.165) is 0 Å². The van der Waals surface area contributed by atoms with Gasteiger partial charge in [-0.3, -0.25) is 4.79 Å². The molecular formula is C11H18N2O3. The smallest absolute Gasteiger partial charge is 0.408 e. The van der Waals surface area contributed by atoms with Crippen molar-refractivity contribution in [2.24, 2.45) is 0 Å². The van der Waals surface area contributed by atoms with Crippen LogP contribution in [-0.4, -0.2) is 29.7 Å². The highest BCUT2D eigenvalue weighted by molar-refractivity contribution is 6.29. The second-order valence-electron chi connectivity index (χ2n) is 4.27. The third kappa shape index (κ3) is 5.95. The first-order valence-electron chi connectivity index (χ1n) is 4.95. The third-order valence-corrected chi connectivity index (χ3v) is 1.58. The largest absolute Gasteiger partial charge is 0.444 e. The van der Waals surface area contributed by atoms with Crippen LogP contribution in [0.4, 0.5) is 4.79 Å². The Balaban J connectivity index is 4.40. The number of carbonyl (C=O) groups excluding carboxylic acids is 2. The van der Waals surface area contributed by atoms with Crippen LogP contribution in [0.1, 0.15) is 27.2 Å². The molecule has 0 spiro atoms. The van der Waals surface area contributed by atoms with E-state index in [9.17, 15) is 9.59 Å². The highest BCUT2D eigenvalue weighted by atomic mass is 16.6. The molecule has 0 aromatic carbocycles. The van der Waals surface area contributed by atoms with Crippen LogP contribution in [0.5, 0.6) is 0 Å². The molecule has 0 aromatic rings. The summed E-state index contributed by atoms with van der Waals surface area (Å²) in [5, 5.41) is 9.23. The summed E-state index contributed by atoms with van der Waals surface area (Å²) in [6, 6.07) is -0.773. The Morgan fingerprint density at radius 3 is 2.44 bits per heavy atom. The van der Waals surface area contributed by atoms with Crippen molar-refractivity contribution in [3.8, 4) is 0 Å². The van der Waals surface area contributed by atoms with Gasteiger partial charge in [0.05, 0.1) is 12.3 Å². The van der Waals surface area contributed by atoms with Crippen LogP contribution in [0.25, 0.3) is 0 Å². The van der Waals surface area contributed by atoms with Gasteiger partial charge in [0.1, 0.15) is 5.60 Å². The summed E-state index contributed by atoms with van der Waals surface area (Å²) in [6.45, 7) is 8.67. The summed E-state index contributed by atoms with van der Waals surface area (Å²) in [6.07, 6.45) is 1.78. The number of amides is 1. The predicted octanol–water partition coefficient (Wildman–Crippen LogP) is 1.67. The molecule has 0 radical (unpaired) electrons. The molecule has 0 aliphatic heterocycles. The Morgan fingerprint density at radius 1 is 1.50 bits per heavy atom.